The van der Waals surface area contributed by atoms with Gasteiger partial charge in [-0.15, -0.1) is 0 Å². The van der Waals surface area contributed by atoms with Gasteiger partial charge in [-0.2, -0.15) is 0 Å². The van der Waals surface area contributed by atoms with Crippen molar-refractivity contribution in [1.82, 2.24) is 0 Å². The summed E-state index contributed by atoms with van der Waals surface area (Å²) in [4.78, 5) is 25.2. The van der Waals surface area contributed by atoms with E-state index < -0.39 is 5.41 Å². The second kappa shape index (κ2) is 8.81. The molecule has 0 unspecified atom stereocenters. The second-order valence-corrected chi connectivity index (χ2v) is 8.54. The highest BCUT2D eigenvalue weighted by molar-refractivity contribution is 6.07. The quantitative estimate of drug-likeness (QED) is 0.549. The Morgan fingerprint density at radius 2 is 1.83 bits per heavy atom. The molecule has 1 heterocycles. The van der Waals surface area contributed by atoms with Crippen molar-refractivity contribution in [2.75, 3.05) is 11.9 Å². The van der Waals surface area contributed by atoms with Gasteiger partial charge >= 0.3 is 0 Å². The zero-order valence-corrected chi connectivity index (χ0v) is 18.0. The van der Waals surface area contributed by atoms with Crippen molar-refractivity contribution in [3.05, 3.63) is 59.2 Å². The summed E-state index contributed by atoms with van der Waals surface area (Å²) >= 11 is 0. The van der Waals surface area contributed by atoms with Gasteiger partial charge in [-0.05, 0) is 81.0 Å². The second-order valence-electron chi connectivity index (χ2n) is 8.54. The number of hydrogen-bond acceptors (Lipinski definition) is 3. The lowest BCUT2D eigenvalue weighted by Crippen LogP contribution is -2.33. The molecule has 0 N–H and O–H groups in total. The number of Topliss-reactive ketones (excluding diaryl/α,β-unsaturated/α-hetero) is 1. The number of unbranched alkanes of at least 4 members (excludes halogenated alkanes) is 2. The number of likely N-dealkylation sites (N-methyl/N-ethyl adjacent to an activating group) is 1. The number of nitrogens with zero attached hydrogens (tertiary/aromatic N) is 1. The highest BCUT2D eigenvalue weighted by atomic mass is 16.5. The smallest absolute Gasteiger partial charge is 0.236 e. The number of amides is 1. The molecule has 3 rings (SSSR count). The van der Waals surface area contributed by atoms with Gasteiger partial charge in [0.15, 0.2) is 0 Å². The number of rotatable bonds is 9. The molecule has 29 heavy (non-hydrogen) atoms. The van der Waals surface area contributed by atoms with Gasteiger partial charge in [0.1, 0.15) is 18.1 Å². The van der Waals surface area contributed by atoms with Crippen LogP contribution < -0.4 is 9.64 Å². The van der Waals surface area contributed by atoms with Crippen LogP contribution in [-0.2, 0) is 28.0 Å². The predicted molar refractivity (Wildman–Crippen MR) is 117 cm³/mol. The standard InChI is InChI=1S/C25H31NO3/c1-18(27)9-6-5-7-10-19-11-8-12-21(15-19)29-17-20-13-14-23-22(16-20)25(2,3)24(28)26(23)4/h8,11-16H,5-7,9-10,17H2,1-4H3. The maximum Gasteiger partial charge on any atom is 0.236 e. The summed E-state index contributed by atoms with van der Waals surface area (Å²) < 4.78 is 6.03. The number of fused-ring (bicyclic) bond motifs is 1. The first-order valence-electron chi connectivity index (χ1n) is 10.4. The lowest BCUT2D eigenvalue weighted by atomic mass is 9.85. The van der Waals surface area contributed by atoms with Crippen molar-refractivity contribution in [2.24, 2.45) is 0 Å². The number of carbonyl (C=O) groups is 2. The lowest BCUT2D eigenvalue weighted by molar-refractivity contribution is -0.121. The van der Waals surface area contributed by atoms with Crippen molar-refractivity contribution in [3.8, 4) is 5.75 Å². The summed E-state index contributed by atoms with van der Waals surface area (Å²) in [5.41, 5.74) is 3.87. The van der Waals surface area contributed by atoms with Crippen molar-refractivity contribution >= 4 is 17.4 Å². The summed E-state index contributed by atoms with van der Waals surface area (Å²) in [6, 6.07) is 14.4. The molecule has 1 aliphatic rings. The average Bonchev–Trinajstić information content (AvgIpc) is 2.86. The Morgan fingerprint density at radius 1 is 1.03 bits per heavy atom. The van der Waals surface area contributed by atoms with Gasteiger partial charge in [0.05, 0.1) is 5.41 Å². The Kier molecular flexibility index (Phi) is 6.41. The SMILES string of the molecule is CC(=O)CCCCCc1cccc(OCc2ccc3c(c2)C(C)(C)C(=O)N3C)c1. The molecule has 0 saturated carbocycles. The van der Waals surface area contributed by atoms with E-state index in [0.29, 0.717) is 13.0 Å². The Balaban J connectivity index is 1.58. The van der Waals surface area contributed by atoms with Crippen LogP contribution in [0.1, 0.15) is 63.1 Å². The maximum absolute atomic E-state index is 12.5. The van der Waals surface area contributed by atoms with Gasteiger partial charge in [-0.25, -0.2) is 0 Å². The third-order valence-electron chi connectivity index (χ3n) is 5.73. The normalized spacial score (nSPS) is 14.8. The summed E-state index contributed by atoms with van der Waals surface area (Å²) in [5, 5.41) is 0. The van der Waals surface area contributed by atoms with Crippen molar-refractivity contribution in [1.29, 1.82) is 0 Å². The maximum atomic E-state index is 12.5. The zero-order chi connectivity index (χ0) is 21.0. The molecule has 2 aromatic rings. The molecule has 4 nitrogen and oxygen atoms in total. The molecule has 0 radical (unpaired) electrons. The average molecular weight is 394 g/mol. The molecule has 0 atom stereocenters. The van der Waals surface area contributed by atoms with E-state index in [1.807, 2.05) is 45.2 Å². The number of anilines is 1. The number of aryl methyl sites for hydroxylation is 1. The van der Waals surface area contributed by atoms with Crippen molar-refractivity contribution in [3.63, 3.8) is 0 Å². The molecule has 0 aliphatic carbocycles. The molecular weight excluding hydrogens is 362 g/mol. The molecular formula is C25H31NO3. The molecule has 2 aromatic carbocycles. The topological polar surface area (TPSA) is 46.6 Å². The molecule has 1 aliphatic heterocycles. The predicted octanol–water partition coefficient (Wildman–Crippen LogP) is 5.21. The first kappa shape index (κ1) is 21.1. The van der Waals surface area contributed by atoms with E-state index in [4.69, 9.17) is 4.74 Å². The highest BCUT2D eigenvalue weighted by Gasteiger charge is 2.42. The van der Waals surface area contributed by atoms with Crippen LogP contribution in [0.2, 0.25) is 0 Å². The molecule has 4 heteroatoms. The number of ketones is 1. The van der Waals surface area contributed by atoms with Gasteiger partial charge in [-0.1, -0.05) is 24.6 Å². The fourth-order valence-electron chi connectivity index (χ4n) is 3.95. The van der Waals surface area contributed by atoms with E-state index in [0.717, 1.165) is 48.2 Å². The van der Waals surface area contributed by atoms with E-state index in [1.165, 1.54) is 5.56 Å². The monoisotopic (exact) mass is 393 g/mol. The zero-order valence-electron chi connectivity index (χ0n) is 18.0. The molecule has 1 amide bonds. The third-order valence-corrected chi connectivity index (χ3v) is 5.73. The van der Waals surface area contributed by atoms with Gasteiger partial charge in [0, 0.05) is 19.2 Å². The highest BCUT2D eigenvalue weighted by Crippen LogP contribution is 2.41. The summed E-state index contributed by atoms with van der Waals surface area (Å²) in [6.07, 6.45) is 4.80. The van der Waals surface area contributed by atoms with Gasteiger partial charge < -0.3 is 14.4 Å². The first-order valence-corrected chi connectivity index (χ1v) is 10.4. The minimum absolute atomic E-state index is 0.126. The van der Waals surface area contributed by atoms with Crippen molar-refractivity contribution in [2.45, 2.75) is 64.9 Å². The molecule has 154 valence electrons. The Bertz CT molecular complexity index is 901. The summed E-state index contributed by atoms with van der Waals surface area (Å²) in [7, 11) is 1.83. The van der Waals surface area contributed by atoms with Crippen LogP contribution in [0, 0.1) is 0 Å². The van der Waals surface area contributed by atoms with E-state index in [1.54, 1.807) is 11.8 Å². The summed E-state index contributed by atoms with van der Waals surface area (Å²) in [5.74, 6) is 1.26. The number of hydrogen-bond donors (Lipinski definition) is 0. The van der Waals surface area contributed by atoms with Crippen LogP contribution >= 0.6 is 0 Å². The minimum atomic E-state index is -0.498. The van der Waals surface area contributed by atoms with Crippen LogP contribution in [-0.4, -0.2) is 18.7 Å². The van der Waals surface area contributed by atoms with E-state index >= 15 is 0 Å². The molecule has 0 saturated heterocycles. The fraction of sp³-hybridized carbons (Fsp3) is 0.440. The minimum Gasteiger partial charge on any atom is -0.489 e. The van der Waals surface area contributed by atoms with Gasteiger partial charge in [-0.3, -0.25) is 4.79 Å². The Labute approximate surface area is 173 Å². The molecule has 0 bridgehead atoms. The number of carbonyl (C=O) groups excluding carboxylic acids is 2. The van der Waals surface area contributed by atoms with Crippen LogP contribution in [0.4, 0.5) is 5.69 Å². The van der Waals surface area contributed by atoms with Crippen LogP contribution in [0.5, 0.6) is 5.75 Å². The Hall–Kier alpha value is -2.62. The molecule has 0 aromatic heterocycles. The first-order chi connectivity index (χ1) is 13.8. The van der Waals surface area contributed by atoms with Crippen LogP contribution in [0.25, 0.3) is 0 Å². The Morgan fingerprint density at radius 3 is 2.59 bits per heavy atom. The fourth-order valence-corrected chi connectivity index (χ4v) is 3.95. The lowest BCUT2D eigenvalue weighted by Gasteiger charge is -2.17. The summed E-state index contributed by atoms with van der Waals surface area (Å²) in [6.45, 7) is 6.08. The van der Waals surface area contributed by atoms with E-state index in [-0.39, 0.29) is 11.7 Å². The number of benzene rings is 2. The van der Waals surface area contributed by atoms with Gasteiger partial charge in [0.2, 0.25) is 5.91 Å². The molecule has 0 spiro atoms. The van der Waals surface area contributed by atoms with Gasteiger partial charge in [0.25, 0.3) is 0 Å². The van der Waals surface area contributed by atoms with Crippen LogP contribution in [0.15, 0.2) is 42.5 Å². The number of ether oxygens (including phenoxy) is 1. The third kappa shape index (κ3) is 4.87. The largest absolute Gasteiger partial charge is 0.489 e. The van der Waals surface area contributed by atoms with Crippen molar-refractivity contribution < 1.29 is 14.3 Å². The molecule has 0 fully saturated rings. The van der Waals surface area contributed by atoms with E-state index in [9.17, 15) is 9.59 Å². The van der Waals surface area contributed by atoms with Crippen LogP contribution in [0.3, 0.4) is 0 Å². The van der Waals surface area contributed by atoms with E-state index in [2.05, 4.69) is 18.2 Å².